The molecule has 1 aromatic carbocycles. The van der Waals surface area contributed by atoms with E-state index in [-0.39, 0.29) is 24.0 Å². The van der Waals surface area contributed by atoms with Crippen molar-refractivity contribution in [2.45, 2.75) is 33.6 Å². The van der Waals surface area contributed by atoms with Gasteiger partial charge in [-0.15, -0.1) is 0 Å². The third-order valence-electron chi connectivity index (χ3n) is 3.71. The number of likely N-dealkylation sites (N-methyl/N-ethyl adjacent to an activating group) is 1. The molecule has 0 fully saturated rings. The largest absolute Gasteiger partial charge is 0.478 e. The second kappa shape index (κ2) is 9.55. The van der Waals surface area contributed by atoms with E-state index in [1.165, 1.54) is 29.8 Å². The number of carbonyl (C=O) groups is 1. The Kier molecular flexibility index (Phi) is 7.77. The van der Waals surface area contributed by atoms with Gasteiger partial charge in [0.15, 0.2) is 12.4 Å². The Morgan fingerprint density at radius 2 is 1.96 bits per heavy atom. The Labute approximate surface area is 151 Å². The third kappa shape index (κ3) is 4.59. The second-order valence-corrected chi connectivity index (χ2v) is 5.38. The molecule has 26 heavy (non-hydrogen) atoms. The topological polar surface area (TPSA) is 103 Å². The van der Waals surface area contributed by atoms with Crippen molar-refractivity contribution in [3.63, 3.8) is 0 Å². The number of rotatable bonds is 6. The number of hydrogen-bond donors (Lipinski definition) is 1. The van der Waals surface area contributed by atoms with Gasteiger partial charge in [0.1, 0.15) is 0 Å². The van der Waals surface area contributed by atoms with E-state index in [4.69, 9.17) is 4.74 Å². The molecule has 0 radical (unpaired) electrons. The Morgan fingerprint density at radius 3 is 2.50 bits per heavy atom. The molecule has 142 valence electrons. The lowest BCUT2D eigenvalue weighted by Gasteiger charge is -2.13. The van der Waals surface area contributed by atoms with Gasteiger partial charge in [0.05, 0.1) is 10.4 Å². The number of nitrogens with one attached hydrogen (secondary N) is 1. The summed E-state index contributed by atoms with van der Waals surface area (Å²) in [6.45, 7) is 5.66. The van der Waals surface area contributed by atoms with Crippen LogP contribution in [0.4, 0.5) is 5.69 Å². The van der Waals surface area contributed by atoms with Gasteiger partial charge < -0.3 is 14.6 Å². The zero-order chi connectivity index (χ0) is 19.9. The maximum Gasteiger partial charge on any atom is 0.293 e. The zero-order valence-electron chi connectivity index (χ0n) is 15.8. The first kappa shape index (κ1) is 21.1. The smallest absolute Gasteiger partial charge is 0.293 e. The van der Waals surface area contributed by atoms with Crippen LogP contribution in [-0.4, -0.2) is 29.1 Å². The van der Waals surface area contributed by atoms with Crippen molar-refractivity contribution in [1.29, 1.82) is 0 Å². The van der Waals surface area contributed by atoms with E-state index >= 15 is 0 Å². The highest BCUT2D eigenvalue weighted by atomic mass is 16.6. The van der Waals surface area contributed by atoms with Crippen LogP contribution >= 0.6 is 0 Å². The van der Waals surface area contributed by atoms with Crippen LogP contribution < -0.4 is 15.6 Å². The predicted molar refractivity (Wildman–Crippen MR) is 101 cm³/mol. The lowest BCUT2D eigenvalue weighted by Crippen LogP contribution is -2.28. The molecule has 0 aliphatic heterocycles. The van der Waals surface area contributed by atoms with Crippen LogP contribution in [0.25, 0.3) is 10.9 Å². The zero-order valence-corrected chi connectivity index (χ0v) is 15.8. The van der Waals surface area contributed by atoms with E-state index in [1.54, 1.807) is 7.05 Å². The minimum absolute atomic E-state index is 0.0171. The molecule has 8 nitrogen and oxygen atoms in total. The first-order chi connectivity index (χ1) is 12.4. The molecule has 0 saturated heterocycles. The van der Waals surface area contributed by atoms with E-state index in [1.807, 2.05) is 20.8 Å². The predicted octanol–water partition coefficient (Wildman–Crippen LogP) is 2.55. The van der Waals surface area contributed by atoms with Gasteiger partial charge in [0.2, 0.25) is 0 Å². The number of nitrogens with zero attached hydrogens (tertiary/aromatic N) is 2. The number of aromatic nitrogens is 1. The maximum atomic E-state index is 12.4. The van der Waals surface area contributed by atoms with Gasteiger partial charge in [0.25, 0.3) is 17.2 Å². The molecule has 0 spiro atoms. The highest BCUT2D eigenvalue weighted by Crippen LogP contribution is 2.27. The van der Waals surface area contributed by atoms with Gasteiger partial charge in [-0.2, -0.15) is 0 Å². The molecule has 1 heterocycles. The van der Waals surface area contributed by atoms with E-state index in [9.17, 15) is 19.7 Å². The summed E-state index contributed by atoms with van der Waals surface area (Å²) in [7, 11) is 3.05. The van der Waals surface area contributed by atoms with Gasteiger partial charge in [0, 0.05) is 31.6 Å². The van der Waals surface area contributed by atoms with Crippen molar-refractivity contribution in [1.82, 2.24) is 9.88 Å². The van der Waals surface area contributed by atoms with Gasteiger partial charge in [-0.3, -0.25) is 19.7 Å². The Bertz CT molecular complexity index is 858. The summed E-state index contributed by atoms with van der Waals surface area (Å²) in [6.07, 6.45) is 1.41. The monoisotopic (exact) mass is 363 g/mol. The number of aryl methyl sites for hydroxylation is 2. The van der Waals surface area contributed by atoms with Gasteiger partial charge >= 0.3 is 0 Å². The SMILES string of the molecule is CC.CCCc1cc([N+](=O)[O-])cc2cc(OCC(=O)NC)c(=O)n(C)c12. The summed E-state index contributed by atoms with van der Waals surface area (Å²) in [6, 6.07) is 4.35. The number of nitro groups is 1. The molecule has 1 amide bonds. The molecular formula is C18H25N3O5. The fraction of sp³-hybridized carbons (Fsp3) is 0.444. The van der Waals surface area contributed by atoms with Crippen LogP contribution in [0.2, 0.25) is 0 Å². The molecule has 0 aliphatic rings. The van der Waals surface area contributed by atoms with Crippen molar-refractivity contribution in [2.75, 3.05) is 13.7 Å². The van der Waals surface area contributed by atoms with Gasteiger partial charge in [-0.1, -0.05) is 27.2 Å². The number of fused-ring (bicyclic) bond motifs is 1. The van der Waals surface area contributed by atoms with E-state index in [0.717, 1.165) is 12.0 Å². The maximum absolute atomic E-state index is 12.4. The number of carbonyl (C=O) groups excluding carboxylic acids is 1. The second-order valence-electron chi connectivity index (χ2n) is 5.38. The molecule has 0 unspecified atom stereocenters. The first-order valence-corrected chi connectivity index (χ1v) is 8.53. The van der Waals surface area contributed by atoms with Crippen LogP contribution in [0.5, 0.6) is 5.75 Å². The summed E-state index contributed by atoms with van der Waals surface area (Å²) in [5, 5.41) is 14.1. The number of ether oxygens (including phenoxy) is 1. The number of hydrogen-bond acceptors (Lipinski definition) is 5. The molecule has 0 aliphatic carbocycles. The number of non-ortho nitro benzene ring substituents is 1. The molecule has 2 rings (SSSR count). The summed E-state index contributed by atoms with van der Waals surface area (Å²) >= 11 is 0. The Morgan fingerprint density at radius 1 is 1.31 bits per heavy atom. The standard InChI is InChI=1S/C16H19N3O5.C2H6/c1-4-5-10-6-12(19(22)23)7-11-8-13(24-9-14(20)17-2)16(21)18(3)15(10)11;1-2/h6-8H,4-5,9H2,1-3H3,(H,17,20);1-2H3. The first-order valence-electron chi connectivity index (χ1n) is 8.53. The third-order valence-corrected chi connectivity index (χ3v) is 3.71. The van der Waals surface area contributed by atoms with Crippen LogP contribution in [0.15, 0.2) is 23.0 Å². The van der Waals surface area contributed by atoms with Crippen molar-refractivity contribution in [3.05, 3.63) is 44.2 Å². The summed E-state index contributed by atoms with van der Waals surface area (Å²) in [5.74, 6) is -0.389. The summed E-state index contributed by atoms with van der Waals surface area (Å²) in [5.41, 5.74) is 0.943. The molecule has 0 saturated carbocycles. The summed E-state index contributed by atoms with van der Waals surface area (Å²) < 4.78 is 6.67. The highest BCUT2D eigenvalue weighted by Gasteiger charge is 2.17. The Hall–Kier alpha value is -2.90. The number of amides is 1. The quantitative estimate of drug-likeness (QED) is 0.627. The minimum Gasteiger partial charge on any atom is -0.478 e. The van der Waals surface area contributed by atoms with Gasteiger partial charge in [-0.05, 0) is 18.1 Å². The number of benzene rings is 1. The summed E-state index contributed by atoms with van der Waals surface area (Å²) in [4.78, 5) is 34.4. The van der Waals surface area contributed by atoms with E-state index in [2.05, 4.69) is 5.32 Å². The average Bonchev–Trinajstić information content (AvgIpc) is 2.64. The normalized spacial score (nSPS) is 10.0. The number of nitro benzene ring substituents is 1. The van der Waals surface area contributed by atoms with Crippen LogP contribution in [0.1, 0.15) is 32.8 Å². The lowest BCUT2D eigenvalue weighted by atomic mass is 10.0. The van der Waals surface area contributed by atoms with Crippen LogP contribution in [-0.2, 0) is 18.3 Å². The van der Waals surface area contributed by atoms with Crippen molar-refractivity contribution < 1.29 is 14.5 Å². The molecule has 2 aromatic rings. The fourth-order valence-corrected chi connectivity index (χ4v) is 2.57. The fourth-order valence-electron chi connectivity index (χ4n) is 2.57. The molecule has 0 atom stereocenters. The average molecular weight is 363 g/mol. The van der Waals surface area contributed by atoms with Crippen LogP contribution in [0.3, 0.4) is 0 Å². The lowest BCUT2D eigenvalue weighted by molar-refractivity contribution is -0.384. The van der Waals surface area contributed by atoms with Crippen molar-refractivity contribution >= 4 is 22.5 Å². The number of pyridine rings is 1. The van der Waals surface area contributed by atoms with E-state index in [0.29, 0.717) is 17.3 Å². The molecule has 8 heteroatoms. The Balaban J connectivity index is 0.00000163. The molecule has 1 N–H and O–H groups in total. The van der Waals surface area contributed by atoms with Crippen molar-refractivity contribution in [3.8, 4) is 5.75 Å². The molecular weight excluding hydrogens is 338 g/mol. The van der Waals surface area contributed by atoms with Crippen molar-refractivity contribution in [2.24, 2.45) is 7.05 Å². The molecule has 1 aromatic heterocycles. The van der Waals surface area contributed by atoms with Crippen LogP contribution in [0, 0.1) is 10.1 Å². The van der Waals surface area contributed by atoms with Gasteiger partial charge in [-0.25, -0.2) is 0 Å². The van der Waals surface area contributed by atoms with E-state index < -0.39 is 10.5 Å². The minimum atomic E-state index is -0.464. The molecule has 0 bridgehead atoms. The highest BCUT2D eigenvalue weighted by molar-refractivity contribution is 5.86.